The number of esters is 1. The van der Waals surface area contributed by atoms with Crippen LogP contribution in [0.15, 0.2) is 11.5 Å². The van der Waals surface area contributed by atoms with Gasteiger partial charge in [0.2, 0.25) is 0 Å². The summed E-state index contributed by atoms with van der Waals surface area (Å²) in [5.74, 6) is 0.837. The first kappa shape index (κ1) is 15.3. The molecule has 0 aliphatic heterocycles. The van der Waals surface area contributed by atoms with Crippen molar-refractivity contribution < 1.29 is 9.53 Å². The minimum Gasteiger partial charge on any atom is -0.465 e. The SMILES string of the molecule is CCOC(=O)C1(N)CCCC1CCSc1ncnn1C. The largest absolute Gasteiger partial charge is 0.465 e. The Kier molecular flexibility index (Phi) is 5.04. The van der Waals surface area contributed by atoms with E-state index in [9.17, 15) is 4.79 Å². The molecule has 0 spiro atoms. The van der Waals surface area contributed by atoms with Gasteiger partial charge in [-0.1, -0.05) is 18.2 Å². The molecule has 0 bridgehead atoms. The van der Waals surface area contributed by atoms with Gasteiger partial charge in [0.25, 0.3) is 0 Å². The zero-order valence-corrected chi connectivity index (χ0v) is 12.9. The first-order valence-electron chi connectivity index (χ1n) is 7.01. The van der Waals surface area contributed by atoms with E-state index in [1.807, 2.05) is 14.0 Å². The Hall–Kier alpha value is -1.08. The number of carbonyl (C=O) groups excluding carboxylic acids is 1. The maximum absolute atomic E-state index is 12.0. The molecule has 2 rings (SSSR count). The maximum Gasteiger partial charge on any atom is 0.326 e. The number of thioether (sulfide) groups is 1. The lowest BCUT2D eigenvalue weighted by Crippen LogP contribution is -2.52. The molecule has 1 saturated carbocycles. The van der Waals surface area contributed by atoms with Crippen LogP contribution in [-0.2, 0) is 16.6 Å². The number of rotatable bonds is 6. The summed E-state index contributed by atoms with van der Waals surface area (Å²) in [5, 5.41) is 4.92. The van der Waals surface area contributed by atoms with Gasteiger partial charge in [0.05, 0.1) is 6.61 Å². The van der Waals surface area contributed by atoms with Crippen molar-refractivity contribution in [3.05, 3.63) is 6.33 Å². The molecule has 0 saturated heterocycles. The van der Waals surface area contributed by atoms with Crippen LogP contribution in [0.2, 0.25) is 0 Å². The molecule has 2 unspecified atom stereocenters. The first-order valence-corrected chi connectivity index (χ1v) is 7.99. The van der Waals surface area contributed by atoms with Crippen molar-refractivity contribution >= 4 is 17.7 Å². The van der Waals surface area contributed by atoms with E-state index in [-0.39, 0.29) is 11.9 Å². The Balaban J connectivity index is 1.88. The molecule has 1 aromatic heterocycles. The molecule has 2 atom stereocenters. The Morgan fingerprint density at radius 2 is 2.50 bits per heavy atom. The lowest BCUT2D eigenvalue weighted by molar-refractivity contribution is -0.151. The number of aromatic nitrogens is 3. The van der Waals surface area contributed by atoms with Gasteiger partial charge in [-0.25, -0.2) is 9.67 Å². The third-order valence-electron chi connectivity index (χ3n) is 3.89. The normalized spacial score (nSPS) is 25.9. The molecule has 1 aliphatic carbocycles. The highest BCUT2D eigenvalue weighted by Gasteiger charge is 2.46. The summed E-state index contributed by atoms with van der Waals surface area (Å²) in [6.07, 6.45) is 5.16. The van der Waals surface area contributed by atoms with Crippen molar-refractivity contribution in [2.24, 2.45) is 18.7 Å². The highest BCUT2D eigenvalue weighted by Crippen LogP contribution is 2.38. The van der Waals surface area contributed by atoms with Gasteiger partial charge in [0, 0.05) is 12.8 Å². The molecule has 1 fully saturated rings. The van der Waals surface area contributed by atoms with Crippen molar-refractivity contribution in [3.63, 3.8) is 0 Å². The van der Waals surface area contributed by atoms with E-state index in [0.717, 1.165) is 36.6 Å². The van der Waals surface area contributed by atoms with Gasteiger partial charge < -0.3 is 10.5 Å². The predicted molar refractivity (Wildman–Crippen MR) is 77.2 cm³/mol. The van der Waals surface area contributed by atoms with E-state index >= 15 is 0 Å². The number of hydrogen-bond donors (Lipinski definition) is 1. The van der Waals surface area contributed by atoms with Crippen LogP contribution in [0.1, 0.15) is 32.6 Å². The quantitative estimate of drug-likeness (QED) is 0.630. The van der Waals surface area contributed by atoms with Gasteiger partial charge in [-0.05, 0) is 32.1 Å². The molecule has 0 radical (unpaired) electrons. The molecular formula is C13H22N4O2S. The molecule has 1 aromatic rings. The average Bonchev–Trinajstić information content (AvgIpc) is 2.98. The number of hydrogen-bond acceptors (Lipinski definition) is 6. The molecule has 6 nitrogen and oxygen atoms in total. The second-order valence-electron chi connectivity index (χ2n) is 5.15. The van der Waals surface area contributed by atoms with Crippen molar-refractivity contribution in [1.29, 1.82) is 0 Å². The van der Waals surface area contributed by atoms with Crippen molar-refractivity contribution in [2.45, 2.75) is 43.3 Å². The summed E-state index contributed by atoms with van der Waals surface area (Å²) < 4.78 is 6.88. The molecule has 1 heterocycles. The summed E-state index contributed by atoms with van der Waals surface area (Å²) in [7, 11) is 1.87. The summed E-state index contributed by atoms with van der Waals surface area (Å²) >= 11 is 1.65. The Morgan fingerprint density at radius 1 is 1.70 bits per heavy atom. The van der Waals surface area contributed by atoms with Crippen LogP contribution in [0.5, 0.6) is 0 Å². The monoisotopic (exact) mass is 298 g/mol. The van der Waals surface area contributed by atoms with E-state index in [0.29, 0.717) is 6.61 Å². The number of nitrogens with two attached hydrogens (primary N) is 1. The first-order chi connectivity index (χ1) is 9.58. The number of nitrogens with zero attached hydrogens (tertiary/aromatic N) is 3. The van der Waals surface area contributed by atoms with Crippen LogP contribution < -0.4 is 5.73 Å². The Labute approximate surface area is 123 Å². The zero-order chi connectivity index (χ0) is 14.6. The van der Waals surface area contributed by atoms with E-state index < -0.39 is 5.54 Å². The summed E-state index contributed by atoms with van der Waals surface area (Å²) in [4.78, 5) is 16.2. The van der Waals surface area contributed by atoms with Crippen LogP contribution in [0, 0.1) is 5.92 Å². The highest BCUT2D eigenvalue weighted by atomic mass is 32.2. The van der Waals surface area contributed by atoms with Gasteiger partial charge in [0.15, 0.2) is 5.16 Å². The topological polar surface area (TPSA) is 83.0 Å². The minimum atomic E-state index is -0.795. The molecule has 1 aliphatic rings. The fraction of sp³-hybridized carbons (Fsp3) is 0.769. The predicted octanol–water partition coefficient (Wildman–Crippen LogP) is 1.36. The van der Waals surface area contributed by atoms with E-state index in [4.69, 9.17) is 10.5 Å². The standard InChI is InChI=1S/C13H22N4O2S/c1-3-19-11(18)13(14)7-4-5-10(13)6-8-20-12-15-9-16-17(12)2/h9-10H,3-8,14H2,1-2H3. The molecular weight excluding hydrogens is 276 g/mol. The van der Waals surface area contributed by atoms with Crippen LogP contribution in [0.25, 0.3) is 0 Å². The fourth-order valence-electron chi connectivity index (χ4n) is 2.75. The Bertz CT molecular complexity index is 465. The second kappa shape index (κ2) is 6.58. The number of aryl methyl sites for hydroxylation is 1. The third-order valence-corrected chi connectivity index (χ3v) is 4.96. The molecule has 0 amide bonds. The Morgan fingerprint density at radius 3 is 3.15 bits per heavy atom. The molecule has 20 heavy (non-hydrogen) atoms. The second-order valence-corrected chi connectivity index (χ2v) is 6.22. The van der Waals surface area contributed by atoms with Crippen LogP contribution >= 0.6 is 11.8 Å². The molecule has 112 valence electrons. The fourth-order valence-corrected chi connectivity index (χ4v) is 3.69. The van der Waals surface area contributed by atoms with E-state index in [1.165, 1.54) is 0 Å². The lowest BCUT2D eigenvalue weighted by atomic mass is 9.86. The minimum absolute atomic E-state index is 0.197. The van der Waals surface area contributed by atoms with Crippen molar-refractivity contribution in [3.8, 4) is 0 Å². The van der Waals surface area contributed by atoms with E-state index in [2.05, 4.69) is 10.1 Å². The van der Waals surface area contributed by atoms with Crippen LogP contribution in [-0.4, -0.2) is 38.6 Å². The zero-order valence-electron chi connectivity index (χ0n) is 12.0. The van der Waals surface area contributed by atoms with Gasteiger partial charge >= 0.3 is 5.97 Å². The van der Waals surface area contributed by atoms with Gasteiger partial charge in [-0.2, -0.15) is 5.10 Å². The van der Waals surface area contributed by atoms with Gasteiger partial charge in [-0.15, -0.1) is 0 Å². The molecule has 7 heteroatoms. The summed E-state index contributed by atoms with van der Waals surface area (Å²) in [5.41, 5.74) is 5.51. The number of carbonyl (C=O) groups is 1. The van der Waals surface area contributed by atoms with Crippen molar-refractivity contribution in [2.75, 3.05) is 12.4 Å². The number of ether oxygens (including phenoxy) is 1. The lowest BCUT2D eigenvalue weighted by Gasteiger charge is -2.28. The van der Waals surface area contributed by atoms with Gasteiger partial charge in [0.1, 0.15) is 11.9 Å². The summed E-state index contributed by atoms with van der Waals surface area (Å²) in [6, 6.07) is 0. The molecule has 2 N–H and O–H groups in total. The summed E-state index contributed by atoms with van der Waals surface area (Å²) in [6.45, 7) is 2.20. The van der Waals surface area contributed by atoms with Crippen molar-refractivity contribution in [1.82, 2.24) is 14.8 Å². The smallest absolute Gasteiger partial charge is 0.326 e. The van der Waals surface area contributed by atoms with E-state index in [1.54, 1.807) is 22.8 Å². The van der Waals surface area contributed by atoms with Crippen LogP contribution in [0.3, 0.4) is 0 Å². The van der Waals surface area contributed by atoms with Crippen LogP contribution in [0.4, 0.5) is 0 Å². The maximum atomic E-state index is 12.0. The molecule has 0 aromatic carbocycles. The van der Waals surface area contributed by atoms with Gasteiger partial charge in [-0.3, -0.25) is 4.79 Å². The highest BCUT2D eigenvalue weighted by molar-refractivity contribution is 7.99. The average molecular weight is 298 g/mol. The third kappa shape index (κ3) is 3.15.